The maximum absolute atomic E-state index is 13.0. The quantitative estimate of drug-likeness (QED) is 0.262. The van der Waals surface area contributed by atoms with Gasteiger partial charge in [0.25, 0.3) is 0 Å². The van der Waals surface area contributed by atoms with E-state index in [0.717, 1.165) is 52.0 Å². The number of nitrogens with zero attached hydrogens (tertiary/aromatic N) is 2. The first kappa shape index (κ1) is 24.9. The van der Waals surface area contributed by atoms with E-state index < -0.39 is 0 Å². The third-order valence-electron chi connectivity index (χ3n) is 6.17. The van der Waals surface area contributed by atoms with E-state index in [-0.39, 0.29) is 18.2 Å². The highest BCUT2D eigenvalue weighted by molar-refractivity contribution is 14.1. The van der Waals surface area contributed by atoms with Crippen molar-refractivity contribution >= 4 is 73.4 Å². The van der Waals surface area contributed by atoms with Gasteiger partial charge in [0.15, 0.2) is 0 Å². The number of halogens is 4. The fourth-order valence-electron chi connectivity index (χ4n) is 4.58. The molecule has 1 aliphatic carbocycles. The molecule has 4 rings (SSSR count). The van der Waals surface area contributed by atoms with Crippen LogP contribution >= 0.6 is 61.7 Å². The van der Waals surface area contributed by atoms with E-state index in [2.05, 4.69) is 83.2 Å². The SMILES string of the molecule is CN1C(NC(=O)NC2CCCCC2)=C(CBr)N(c2ccc(I)cc2)C1c1ccc(Cl)cc1Cl. The van der Waals surface area contributed by atoms with Gasteiger partial charge in [0.05, 0.1) is 5.70 Å². The number of hydrogen-bond donors (Lipinski definition) is 2. The van der Waals surface area contributed by atoms with Crippen molar-refractivity contribution < 1.29 is 4.79 Å². The molecule has 2 amide bonds. The van der Waals surface area contributed by atoms with Gasteiger partial charge in [0.2, 0.25) is 0 Å². The monoisotopic (exact) mass is 662 g/mol. The summed E-state index contributed by atoms with van der Waals surface area (Å²) < 4.78 is 1.15. The van der Waals surface area contributed by atoms with Gasteiger partial charge in [-0.3, -0.25) is 5.32 Å². The third-order valence-corrected chi connectivity index (χ3v) is 7.99. The molecule has 1 heterocycles. The summed E-state index contributed by atoms with van der Waals surface area (Å²) >= 11 is 18.8. The molecule has 0 spiro atoms. The van der Waals surface area contributed by atoms with Crippen LogP contribution in [0.15, 0.2) is 54.0 Å². The zero-order valence-corrected chi connectivity index (χ0v) is 23.5. The van der Waals surface area contributed by atoms with Crippen molar-refractivity contribution in [1.82, 2.24) is 15.5 Å². The Bertz CT molecular complexity index is 1040. The van der Waals surface area contributed by atoms with Crippen molar-refractivity contribution in [2.45, 2.75) is 44.3 Å². The molecule has 1 atom stereocenters. The second-order valence-electron chi connectivity index (χ2n) is 8.36. The summed E-state index contributed by atoms with van der Waals surface area (Å²) in [6.45, 7) is 0. The number of nitrogens with one attached hydrogen (secondary N) is 2. The Hall–Kier alpha value is -1.16. The average molecular weight is 664 g/mol. The number of amides is 2. The number of hydrogen-bond acceptors (Lipinski definition) is 3. The highest BCUT2D eigenvalue weighted by Gasteiger charge is 2.39. The summed E-state index contributed by atoms with van der Waals surface area (Å²) in [5.74, 6) is 0.745. The molecule has 0 aromatic heterocycles. The van der Waals surface area contributed by atoms with Gasteiger partial charge in [-0.05, 0) is 71.8 Å². The van der Waals surface area contributed by atoms with Crippen molar-refractivity contribution in [1.29, 1.82) is 0 Å². The number of anilines is 1. The summed E-state index contributed by atoms with van der Waals surface area (Å²) in [4.78, 5) is 17.2. The lowest BCUT2D eigenvalue weighted by Crippen LogP contribution is -2.44. The van der Waals surface area contributed by atoms with Crippen molar-refractivity contribution in [3.8, 4) is 0 Å². The molecular formula is C24H26BrCl2IN4O. The molecule has 1 unspecified atom stereocenters. The first-order chi connectivity index (χ1) is 15.9. The summed E-state index contributed by atoms with van der Waals surface area (Å²) in [6, 6.07) is 13.9. The predicted octanol–water partition coefficient (Wildman–Crippen LogP) is 7.24. The number of urea groups is 1. The summed E-state index contributed by atoms with van der Waals surface area (Å²) in [6.07, 6.45) is 5.40. The van der Waals surface area contributed by atoms with Crippen LogP contribution in [0.5, 0.6) is 0 Å². The zero-order chi connectivity index (χ0) is 23.5. The zero-order valence-electron chi connectivity index (χ0n) is 18.3. The van der Waals surface area contributed by atoms with Gasteiger partial charge in [0.1, 0.15) is 12.0 Å². The van der Waals surface area contributed by atoms with Gasteiger partial charge in [-0.25, -0.2) is 4.79 Å². The van der Waals surface area contributed by atoms with Gasteiger partial charge in [-0.2, -0.15) is 0 Å². The summed E-state index contributed by atoms with van der Waals surface area (Å²) in [5, 5.41) is 8.02. The van der Waals surface area contributed by atoms with E-state index in [1.54, 1.807) is 6.07 Å². The number of allylic oxidation sites excluding steroid dienone is 1. The van der Waals surface area contributed by atoms with Crippen molar-refractivity contribution in [3.63, 3.8) is 0 Å². The minimum Gasteiger partial charge on any atom is -0.335 e. The number of alkyl halides is 1. The van der Waals surface area contributed by atoms with Gasteiger partial charge in [0, 0.05) is 43.3 Å². The van der Waals surface area contributed by atoms with Crippen LogP contribution in [0.2, 0.25) is 10.0 Å². The van der Waals surface area contributed by atoms with Crippen LogP contribution in [-0.2, 0) is 0 Å². The van der Waals surface area contributed by atoms with Crippen LogP contribution in [0.4, 0.5) is 10.5 Å². The second kappa shape index (κ2) is 11.1. The van der Waals surface area contributed by atoms with Gasteiger partial charge < -0.3 is 15.1 Å². The molecule has 1 aliphatic heterocycles. The Balaban J connectivity index is 1.70. The fraction of sp³-hybridized carbons (Fsp3) is 0.375. The second-order valence-corrected chi connectivity index (χ2v) is 11.0. The molecule has 0 radical (unpaired) electrons. The van der Waals surface area contributed by atoms with Crippen LogP contribution < -0.4 is 15.5 Å². The Labute approximate surface area is 227 Å². The molecular weight excluding hydrogens is 638 g/mol. The molecule has 2 aromatic carbocycles. The lowest BCUT2D eigenvalue weighted by atomic mass is 9.96. The van der Waals surface area contributed by atoms with E-state index >= 15 is 0 Å². The molecule has 5 nitrogen and oxygen atoms in total. The third kappa shape index (κ3) is 5.57. The molecule has 33 heavy (non-hydrogen) atoms. The van der Waals surface area contributed by atoms with Crippen molar-refractivity contribution in [2.24, 2.45) is 0 Å². The molecule has 1 fully saturated rings. The molecule has 2 aromatic rings. The van der Waals surface area contributed by atoms with E-state index in [4.69, 9.17) is 23.2 Å². The first-order valence-corrected chi connectivity index (χ1v) is 13.9. The molecule has 0 saturated heterocycles. The van der Waals surface area contributed by atoms with E-state index in [1.807, 2.05) is 19.2 Å². The van der Waals surface area contributed by atoms with Gasteiger partial charge in [-0.15, -0.1) is 0 Å². The Morgan fingerprint density at radius 2 is 1.82 bits per heavy atom. The molecule has 2 N–H and O–H groups in total. The standard InChI is InChI=1S/C24H26BrCl2IN4O/c1-31-22(30-24(33)29-17-5-3-2-4-6-17)21(14-25)32(18-10-8-16(28)9-11-18)23(31)19-12-7-15(26)13-20(19)27/h7-13,17,23H,2-6,14H2,1H3,(H2,29,30,33). The molecule has 2 aliphatic rings. The van der Waals surface area contributed by atoms with E-state index in [0.29, 0.717) is 15.4 Å². The maximum Gasteiger partial charge on any atom is 0.320 e. The van der Waals surface area contributed by atoms with Gasteiger partial charge in [-0.1, -0.05) is 64.5 Å². The number of benzene rings is 2. The van der Waals surface area contributed by atoms with E-state index in [1.165, 1.54) is 6.42 Å². The van der Waals surface area contributed by atoms with Crippen LogP contribution in [0.1, 0.15) is 43.8 Å². The van der Waals surface area contributed by atoms with Crippen LogP contribution in [0.25, 0.3) is 0 Å². The number of carbonyl (C=O) groups is 1. The predicted molar refractivity (Wildman–Crippen MR) is 148 cm³/mol. The normalized spacial score (nSPS) is 19.2. The summed E-state index contributed by atoms with van der Waals surface area (Å²) in [5.41, 5.74) is 2.87. The highest BCUT2D eigenvalue weighted by Crippen LogP contribution is 2.44. The van der Waals surface area contributed by atoms with Crippen molar-refractivity contribution in [3.05, 3.63) is 73.2 Å². The topological polar surface area (TPSA) is 47.6 Å². The van der Waals surface area contributed by atoms with Crippen molar-refractivity contribution in [2.75, 3.05) is 17.3 Å². The highest BCUT2D eigenvalue weighted by atomic mass is 127. The first-order valence-electron chi connectivity index (χ1n) is 11.0. The minimum absolute atomic E-state index is 0.174. The Morgan fingerprint density at radius 3 is 2.45 bits per heavy atom. The Morgan fingerprint density at radius 1 is 1.12 bits per heavy atom. The number of carbonyl (C=O) groups excluding carboxylic acids is 1. The van der Waals surface area contributed by atoms with Crippen LogP contribution in [0.3, 0.4) is 0 Å². The van der Waals surface area contributed by atoms with Crippen LogP contribution in [-0.4, -0.2) is 29.4 Å². The summed E-state index contributed by atoms with van der Waals surface area (Å²) in [7, 11) is 1.97. The minimum atomic E-state index is -0.243. The Kier molecular flexibility index (Phi) is 8.36. The lowest BCUT2D eigenvalue weighted by Gasteiger charge is -2.33. The molecule has 9 heteroatoms. The largest absolute Gasteiger partial charge is 0.335 e. The molecule has 176 valence electrons. The lowest BCUT2D eigenvalue weighted by molar-refractivity contribution is 0.229. The molecule has 1 saturated carbocycles. The van der Waals surface area contributed by atoms with Gasteiger partial charge >= 0.3 is 6.03 Å². The maximum atomic E-state index is 13.0. The smallest absolute Gasteiger partial charge is 0.320 e. The molecule has 0 bridgehead atoms. The fourth-order valence-corrected chi connectivity index (χ4v) is 5.98. The van der Waals surface area contributed by atoms with E-state index in [9.17, 15) is 4.79 Å². The van der Waals surface area contributed by atoms with Crippen LogP contribution in [0, 0.1) is 3.57 Å². The average Bonchev–Trinajstić information content (AvgIpc) is 3.06. The number of rotatable bonds is 5.